The van der Waals surface area contributed by atoms with E-state index in [9.17, 15) is 14.4 Å². The number of ether oxygens (including phenoxy) is 2. The van der Waals surface area contributed by atoms with Crippen molar-refractivity contribution in [3.63, 3.8) is 0 Å². The first-order valence-electron chi connectivity index (χ1n) is 8.83. The van der Waals surface area contributed by atoms with Crippen molar-refractivity contribution in [1.29, 1.82) is 0 Å². The lowest BCUT2D eigenvalue weighted by Gasteiger charge is -2.23. The van der Waals surface area contributed by atoms with Crippen molar-refractivity contribution in [3.8, 4) is 5.75 Å². The highest BCUT2D eigenvalue weighted by molar-refractivity contribution is 5.97. The monoisotopic (exact) mass is 384 g/mol. The van der Waals surface area contributed by atoms with Crippen molar-refractivity contribution in [3.05, 3.63) is 65.7 Å². The Balaban J connectivity index is 2.14. The number of hydrogen-bond acceptors (Lipinski definition) is 5. The fourth-order valence-corrected chi connectivity index (χ4v) is 2.57. The molecule has 2 atom stereocenters. The Hall–Kier alpha value is -3.35. The smallest absolute Gasteiger partial charge is 0.330 e. The van der Waals surface area contributed by atoms with E-state index in [1.807, 2.05) is 0 Å². The lowest BCUT2D eigenvalue weighted by molar-refractivity contribution is -0.158. The van der Waals surface area contributed by atoms with Crippen LogP contribution in [-0.4, -0.2) is 30.9 Å². The third kappa shape index (κ3) is 5.33. The van der Waals surface area contributed by atoms with E-state index < -0.39 is 29.9 Å². The van der Waals surface area contributed by atoms with Gasteiger partial charge in [-0.3, -0.25) is 9.59 Å². The average molecular weight is 384 g/mol. The van der Waals surface area contributed by atoms with Crippen LogP contribution in [0.3, 0.4) is 0 Å². The van der Waals surface area contributed by atoms with Gasteiger partial charge in [-0.2, -0.15) is 0 Å². The van der Waals surface area contributed by atoms with Crippen molar-refractivity contribution in [2.75, 3.05) is 7.11 Å². The van der Waals surface area contributed by atoms with E-state index in [1.54, 1.807) is 68.4 Å². The molecule has 0 aliphatic heterocycles. The van der Waals surface area contributed by atoms with Crippen molar-refractivity contribution < 1.29 is 23.9 Å². The fraction of sp³-hybridized carbons (Fsp3) is 0.286. The average Bonchev–Trinajstić information content (AvgIpc) is 2.70. The number of rotatable bonds is 8. The normalized spacial score (nSPS) is 12.7. The van der Waals surface area contributed by atoms with Crippen LogP contribution in [0.4, 0.5) is 0 Å². The highest BCUT2D eigenvalue weighted by Gasteiger charge is 2.31. The van der Waals surface area contributed by atoms with Gasteiger partial charge in [0.05, 0.1) is 7.11 Å². The third-order valence-corrected chi connectivity index (χ3v) is 4.15. The minimum Gasteiger partial charge on any atom is -0.497 e. The maximum atomic E-state index is 12.7. The number of nitrogens with two attached hydrogens (primary N) is 1. The van der Waals surface area contributed by atoms with Gasteiger partial charge in [-0.05, 0) is 30.2 Å². The number of carbonyl (C=O) groups is 3. The largest absolute Gasteiger partial charge is 0.497 e. The molecule has 148 valence electrons. The summed E-state index contributed by atoms with van der Waals surface area (Å²) in [6.45, 7) is 3.53. The summed E-state index contributed by atoms with van der Waals surface area (Å²) >= 11 is 0. The van der Waals surface area contributed by atoms with Gasteiger partial charge >= 0.3 is 5.97 Å². The van der Waals surface area contributed by atoms with Gasteiger partial charge in [-0.15, -0.1) is 0 Å². The number of methoxy groups -OCH3 is 1. The van der Waals surface area contributed by atoms with Gasteiger partial charge < -0.3 is 20.5 Å². The predicted molar refractivity (Wildman–Crippen MR) is 104 cm³/mol. The van der Waals surface area contributed by atoms with Crippen molar-refractivity contribution in [2.45, 2.75) is 26.0 Å². The number of esters is 1. The lowest BCUT2D eigenvalue weighted by atomic mass is 10.0. The molecule has 0 saturated heterocycles. The first kappa shape index (κ1) is 21.0. The molecule has 0 bridgehead atoms. The number of amides is 2. The summed E-state index contributed by atoms with van der Waals surface area (Å²) in [6.07, 6.45) is -1.23. The summed E-state index contributed by atoms with van der Waals surface area (Å²) in [7, 11) is 1.53. The molecule has 7 nitrogen and oxygen atoms in total. The van der Waals surface area contributed by atoms with Crippen molar-refractivity contribution in [1.82, 2.24) is 5.32 Å². The van der Waals surface area contributed by atoms with E-state index in [-0.39, 0.29) is 5.92 Å². The topological polar surface area (TPSA) is 108 Å². The van der Waals surface area contributed by atoms with E-state index in [0.29, 0.717) is 16.9 Å². The molecular weight excluding hydrogens is 360 g/mol. The summed E-state index contributed by atoms with van der Waals surface area (Å²) in [6, 6.07) is 14.0. The summed E-state index contributed by atoms with van der Waals surface area (Å²) in [5.74, 6) is -1.61. The van der Waals surface area contributed by atoms with Gasteiger partial charge in [0.2, 0.25) is 6.10 Å². The zero-order valence-corrected chi connectivity index (χ0v) is 16.0. The van der Waals surface area contributed by atoms with Crippen molar-refractivity contribution >= 4 is 17.8 Å². The van der Waals surface area contributed by atoms with Crippen LogP contribution in [-0.2, 0) is 14.3 Å². The molecule has 1 unspecified atom stereocenters. The van der Waals surface area contributed by atoms with Crippen LogP contribution in [0.15, 0.2) is 54.6 Å². The summed E-state index contributed by atoms with van der Waals surface area (Å²) < 4.78 is 10.4. The minimum atomic E-state index is -1.23. The molecule has 2 amide bonds. The van der Waals surface area contributed by atoms with E-state index in [1.165, 1.54) is 7.11 Å². The summed E-state index contributed by atoms with van der Waals surface area (Å²) in [4.78, 5) is 37.0. The molecule has 0 fully saturated rings. The van der Waals surface area contributed by atoms with Crippen LogP contribution in [0.2, 0.25) is 0 Å². The maximum absolute atomic E-state index is 12.7. The zero-order valence-electron chi connectivity index (χ0n) is 16.0. The van der Waals surface area contributed by atoms with Gasteiger partial charge in [0, 0.05) is 11.1 Å². The number of carbonyl (C=O) groups excluding carboxylic acids is 3. The van der Waals surface area contributed by atoms with Crippen LogP contribution in [0, 0.1) is 5.92 Å². The second-order valence-electron chi connectivity index (χ2n) is 6.55. The quantitative estimate of drug-likeness (QED) is 0.679. The van der Waals surface area contributed by atoms with E-state index in [4.69, 9.17) is 15.2 Å². The SMILES string of the molecule is COc1ccc(C(=O)N[C@H](C(=O)OC(C(N)=O)c2ccccc2)C(C)C)cc1. The van der Waals surface area contributed by atoms with Crippen LogP contribution in [0.25, 0.3) is 0 Å². The van der Waals surface area contributed by atoms with Gasteiger partial charge in [0.1, 0.15) is 11.8 Å². The minimum absolute atomic E-state index is 0.265. The molecule has 7 heteroatoms. The maximum Gasteiger partial charge on any atom is 0.330 e. The summed E-state index contributed by atoms with van der Waals surface area (Å²) in [5, 5.41) is 2.66. The van der Waals surface area contributed by atoms with Gasteiger partial charge in [-0.25, -0.2) is 4.79 Å². The number of nitrogens with one attached hydrogen (secondary N) is 1. The molecule has 0 aromatic heterocycles. The van der Waals surface area contributed by atoms with E-state index in [0.717, 1.165) is 0 Å². The Morgan fingerprint density at radius 3 is 2.07 bits per heavy atom. The molecule has 0 radical (unpaired) electrons. The molecule has 3 N–H and O–H groups in total. The molecule has 2 aromatic rings. The van der Waals surface area contributed by atoms with Gasteiger partial charge in [-0.1, -0.05) is 44.2 Å². The Labute approximate surface area is 163 Å². The molecule has 0 spiro atoms. The number of primary amides is 1. The Bertz CT molecular complexity index is 818. The second-order valence-corrected chi connectivity index (χ2v) is 6.55. The van der Waals surface area contributed by atoms with Crippen LogP contribution in [0.1, 0.15) is 35.9 Å². The highest BCUT2D eigenvalue weighted by atomic mass is 16.5. The van der Waals surface area contributed by atoms with Crippen molar-refractivity contribution in [2.24, 2.45) is 11.7 Å². The molecule has 28 heavy (non-hydrogen) atoms. The molecular formula is C21H24N2O5. The Morgan fingerprint density at radius 2 is 1.57 bits per heavy atom. The number of benzene rings is 2. The zero-order chi connectivity index (χ0) is 20.7. The standard InChI is InChI=1S/C21H24N2O5/c1-13(2)17(23-20(25)15-9-11-16(27-3)12-10-15)21(26)28-18(19(22)24)14-7-5-4-6-8-14/h4-13,17-18H,1-3H3,(H2,22,24)(H,23,25)/t17-,18?/m0/s1. The predicted octanol–water partition coefficient (Wildman–Crippen LogP) is 2.22. The first-order valence-corrected chi connectivity index (χ1v) is 8.83. The van der Waals surface area contributed by atoms with Gasteiger partial charge in [0.15, 0.2) is 0 Å². The molecule has 0 heterocycles. The molecule has 2 aromatic carbocycles. The second kappa shape index (κ2) is 9.55. The first-order chi connectivity index (χ1) is 13.3. The van der Waals surface area contributed by atoms with E-state index >= 15 is 0 Å². The molecule has 0 saturated carbocycles. The Morgan fingerprint density at radius 1 is 0.964 bits per heavy atom. The van der Waals surface area contributed by atoms with Crippen LogP contribution in [0.5, 0.6) is 5.75 Å². The molecule has 2 rings (SSSR count). The van der Waals surface area contributed by atoms with Gasteiger partial charge in [0.25, 0.3) is 11.8 Å². The molecule has 0 aliphatic rings. The Kier molecular flexibility index (Phi) is 7.14. The lowest BCUT2D eigenvalue weighted by Crippen LogP contribution is -2.46. The van der Waals surface area contributed by atoms with Crippen LogP contribution < -0.4 is 15.8 Å². The number of hydrogen-bond donors (Lipinski definition) is 2. The van der Waals surface area contributed by atoms with Crippen LogP contribution >= 0.6 is 0 Å². The highest BCUT2D eigenvalue weighted by Crippen LogP contribution is 2.19. The third-order valence-electron chi connectivity index (χ3n) is 4.15. The fourth-order valence-electron chi connectivity index (χ4n) is 2.57. The molecule has 0 aliphatic carbocycles. The summed E-state index contributed by atoms with van der Waals surface area (Å²) in [5.41, 5.74) is 6.23. The van der Waals surface area contributed by atoms with E-state index in [2.05, 4.69) is 5.32 Å².